The summed E-state index contributed by atoms with van der Waals surface area (Å²) >= 11 is 1.27. The van der Waals surface area contributed by atoms with E-state index in [0.717, 1.165) is 11.1 Å². The largest absolute Gasteiger partial charge is 0.322 e. The molecule has 1 amide bonds. The third kappa shape index (κ3) is 4.50. The number of carbonyl (C=O) groups is 1. The van der Waals surface area contributed by atoms with Gasteiger partial charge in [0.15, 0.2) is 4.80 Å². The van der Waals surface area contributed by atoms with Crippen LogP contribution in [0.4, 0.5) is 10.1 Å². The maximum absolute atomic E-state index is 13.7. The molecule has 174 valence electrons. The molecule has 1 aromatic heterocycles. The molecular formula is C28H22FN3O2S. The maximum Gasteiger partial charge on any atom is 0.271 e. The van der Waals surface area contributed by atoms with Gasteiger partial charge < -0.3 is 5.32 Å². The lowest BCUT2D eigenvalue weighted by molar-refractivity contribution is -0.113. The number of aromatic nitrogens is 1. The summed E-state index contributed by atoms with van der Waals surface area (Å²) in [4.78, 5) is 32.2. The first kappa shape index (κ1) is 22.7. The normalized spacial score (nSPS) is 15.5. The van der Waals surface area contributed by atoms with Crippen molar-refractivity contribution in [1.29, 1.82) is 0 Å². The zero-order valence-electron chi connectivity index (χ0n) is 19.2. The van der Waals surface area contributed by atoms with Gasteiger partial charge >= 0.3 is 0 Å². The Balaban J connectivity index is 1.67. The number of nitrogens with zero attached hydrogens (tertiary/aromatic N) is 2. The third-order valence-electron chi connectivity index (χ3n) is 5.86. The Morgan fingerprint density at radius 2 is 1.69 bits per heavy atom. The summed E-state index contributed by atoms with van der Waals surface area (Å²) in [5, 5.41) is 2.90. The van der Waals surface area contributed by atoms with Crippen LogP contribution in [0.2, 0.25) is 0 Å². The highest BCUT2D eigenvalue weighted by Crippen LogP contribution is 2.30. The number of rotatable bonds is 4. The monoisotopic (exact) mass is 483 g/mol. The van der Waals surface area contributed by atoms with Gasteiger partial charge in [0, 0.05) is 5.69 Å². The van der Waals surface area contributed by atoms with E-state index in [0.29, 0.717) is 31.9 Å². The molecule has 0 radical (unpaired) electrons. The van der Waals surface area contributed by atoms with Crippen LogP contribution in [0.5, 0.6) is 0 Å². The molecule has 4 aromatic rings. The first-order valence-corrected chi connectivity index (χ1v) is 11.9. The van der Waals surface area contributed by atoms with Crippen molar-refractivity contribution in [2.45, 2.75) is 19.9 Å². The van der Waals surface area contributed by atoms with Gasteiger partial charge in [-0.05, 0) is 55.3 Å². The summed E-state index contributed by atoms with van der Waals surface area (Å²) in [7, 11) is 0. The zero-order chi connectivity index (χ0) is 24.5. The third-order valence-corrected chi connectivity index (χ3v) is 6.84. The molecule has 0 bridgehead atoms. The lowest BCUT2D eigenvalue weighted by Gasteiger charge is -2.25. The molecule has 0 fully saturated rings. The van der Waals surface area contributed by atoms with Gasteiger partial charge in [-0.3, -0.25) is 14.2 Å². The van der Waals surface area contributed by atoms with E-state index >= 15 is 0 Å². The quantitative estimate of drug-likeness (QED) is 0.470. The topological polar surface area (TPSA) is 63.5 Å². The van der Waals surface area contributed by atoms with Gasteiger partial charge in [-0.2, -0.15) is 0 Å². The SMILES string of the molecule is CC1=C(C(=O)Nc2ccccc2)[C@H](c2ccc(F)cc2)n2c(s/c(=C/c3ccc(C)cc3)c2=O)=N1. The molecule has 0 aliphatic carbocycles. The Labute approximate surface area is 205 Å². The van der Waals surface area contributed by atoms with Crippen LogP contribution in [-0.4, -0.2) is 10.5 Å². The van der Waals surface area contributed by atoms with E-state index < -0.39 is 11.9 Å². The van der Waals surface area contributed by atoms with Crippen molar-refractivity contribution >= 4 is 29.0 Å². The highest BCUT2D eigenvalue weighted by molar-refractivity contribution is 7.07. The van der Waals surface area contributed by atoms with Crippen molar-refractivity contribution in [3.05, 3.63) is 132 Å². The highest BCUT2D eigenvalue weighted by Gasteiger charge is 2.32. The Hall–Kier alpha value is -4.10. The second-order valence-corrected chi connectivity index (χ2v) is 9.37. The number of carbonyl (C=O) groups excluding carboxylic acids is 1. The second-order valence-electron chi connectivity index (χ2n) is 8.36. The van der Waals surface area contributed by atoms with Crippen molar-refractivity contribution < 1.29 is 9.18 Å². The van der Waals surface area contributed by atoms with Crippen LogP contribution < -0.4 is 20.2 Å². The minimum Gasteiger partial charge on any atom is -0.322 e. The number of para-hydroxylation sites is 1. The van der Waals surface area contributed by atoms with Crippen LogP contribution in [0.15, 0.2) is 99.9 Å². The van der Waals surface area contributed by atoms with Crippen LogP contribution in [0.3, 0.4) is 0 Å². The van der Waals surface area contributed by atoms with E-state index in [-0.39, 0.29) is 11.5 Å². The summed E-state index contributed by atoms with van der Waals surface area (Å²) in [6, 6.07) is 22.1. The van der Waals surface area contributed by atoms with Gasteiger partial charge in [0.25, 0.3) is 11.5 Å². The summed E-state index contributed by atoms with van der Waals surface area (Å²) in [5.41, 5.74) is 3.89. The Kier molecular flexibility index (Phi) is 6.01. The van der Waals surface area contributed by atoms with Gasteiger partial charge in [-0.25, -0.2) is 9.38 Å². The number of hydrogen-bond donors (Lipinski definition) is 1. The van der Waals surface area contributed by atoms with Crippen LogP contribution in [0.25, 0.3) is 6.08 Å². The van der Waals surface area contributed by atoms with Crippen molar-refractivity contribution in [1.82, 2.24) is 4.57 Å². The fraction of sp³-hybridized carbons (Fsp3) is 0.107. The molecule has 7 heteroatoms. The predicted molar refractivity (Wildman–Crippen MR) is 136 cm³/mol. The van der Waals surface area contributed by atoms with Gasteiger partial charge in [0.2, 0.25) is 0 Å². The first-order chi connectivity index (χ1) is 16.9. The standard InChI is InChI=1S/C28H22FN3O2S/c1-17-8-10-19(11-9-17)16-23-27(34)32-25(20-12-14-21(29)15-13-20)24(18(2)30-28(32)35-23)26(33)31-22-6-4-3-5-7-22/h3-16,25H,1-2H3,(H,31,33)/b23-16+/t25-/m0/s1. The Morgan fingerprint density at radius 3 is 2.37 bits per heavy atom. The van der Waals surface area contributed by atoms with Gasteiger partial charge in [0.05, 0.1) is 21.8 Å². The van der Waals surface area contributed by atoms with E-state index in [1.807, 2.05) is 55.5 Å². The molecule has 0 unspecified atom stereocenters. The second kappa shape index (κ2) is 9.27. The average molecular weight is 484 g/mol. The smallest absolute Gasteiger partial charge is 0.271 e. The summed E-state index contributed by atoms with van der Waals surface area (Å²) in [5.74, 6) is -0.754. The molecule has 1 aliphatic rings. The van der Waals surface area contributed by atoms with Crippen molar-refractivity contribution in [3.63, 3.8) is 0 Å². The number of amides is 1. The van der Waals surface area contributed by atoms with E-state index in [9.17, 15) is 14.0 Å². The Bertz CT molecular complexity index is 1620. The maximum atomic E-state index is 13.7. The molecule has 0 spiro atoms. The number of anilines is 1. The molecule has 5 rings (SSSR count). The van der Waals surface area contributed by atoms with E-state index in [2.05, 4.69) is 10.3 Å². The van der Waals surface area contributed by atoms with Gasteiger partial charge in [0.1, 0.15) is 5.82 Å². The summed E-state index contributed by atoms with van der Waals surface area (Å²) in [6.07, 6.45) is 1.83. The number of benzene rings is 3. The molecule has 1 N–H and O–H groups in total. The fourth-order valence-corrected chi connectivity index (χ4v) is 5.15. The lowest BCUT2D eigenvalue weighted by Crippen LogP contribution is -2.40. The number of halogens is 1. The van der Waals surface area contributed by atoms with E-state index in [1.165, 1.54) is 28.0 Å². The van der Waals surface area contributed by atoms with Crippen LogP contribution in [-0.2, 0) is 4.79 Å². The van der Waals surface area contributed by atoms with E-state index in [4.69, 9.17) is 0 Å². The zero-order valence-corrected chi connectivity index (χ0v) is 20.0. The molecule has 1 atom stereocenters. The van der Waals surface area contributed by atoms with Crippen molar-refractivity contribution in [3.8, 4) is 0 Å². The lowest BCUT2D eigenvalue weighted by atomic mass is 9.95. The molecule has 0 saturated heterocycles. The van der Waals surface area contributed by atoms with Crippen LogP contribution >= 0.6 is 11.3 Å². The van der Waals surface area contributed by atoms with Crippen LogP contribution in [0, 0.1) is 12.7 Å². The molecular weight excluding hydrogens is 461 g/mol. The minimum atomic E-state index is -0.740. The minimum absolute atomic E-state index is 0.249. The van der Waals surface area contributed by atoms with E-state index in [1.54, 1.807) is 31.2 Å². The predicted octanol–water partition coefficient (Wildman–Crippen LogP) is 4.32. The van der Waals surface area contributed by atoms with Crippen LogP contribution in [0.1, 0.15) is 29.7 Å². The van der Waals surface area contributed by atoms with Gasteiger partial charge in [-0.1, -0.05) is 71.5 Å². The molecule has 2 heterocycles. The molecule has 1 aliphatic heterocycles. The molecule has 0 saturated carbocycles. The first-order valence-electron chi connectivity index (χ1n) is 11.1. The van der Waals surface area contributed by atoms with Crippen molar-refractivity contribution in [2.24, 2.45) is 4.99 Å². The molecule has 5 nitrogen and oxygen atoms in total. The summed E-state index contributed by atoms with van der Waals surface area (Å²) in [6.45, 7) is 3.76. The number of fused-ring (bicyclic) bond motifs is 1. The number of thiazole rings is 1. The number of nitrogens with one attached hydrogen (secondary N) is 1. The summed E-state index contributed by atoms with van der Waals surface area (Å²) < 4.78 is 15.8. The molecule has 35 heavy (non-hydrogen) atoms. The van der Waals surface area contributed by atoms with Crippen molar-refractivity contribution in [2.75, 3.05) is 5.32 Å². The van der Waals surface area contributed by atoms with Gasteiger partial charge in [-0.15, -0.1) is 0 Å². The fourth-order valence-electron chi connectivity index (χ4n) is 4.11. The number of hydrogen-bond acceptors (Lipinski definition) is 4. The number of allylic oxidation sites excluding steroid dienone is 1. The Morgan fingerprint density at radius 1 is 1.00 bits per heavy atom. The average Bonchev–Trinajstić information content (AvgIpc) is 3.15. The number of aryl methyl sites for hydroxylation is 1. The highest BCUT2D eigenvalue weighted by atomic mass is 32.1. The molecule has 3 aromatic carbocycles.